The number of methoxy groups -OCH3 is 1. The molecule has 1 heterocycles. The van der Waals surface area contributed by atoms with Crippen LogP contribution in [0.2, 0.25) is 0 Å². The van der Waals surface area contributed by atoms with Crippen LogP contribution in [0.1, 0.15) is 18.1 Å². The van der Waals surface area contributed by atoms with E-state index in [1.54, 1.807) is 13.3 Å². The normalized spacial score (nSPS) is 10.4. The van der Waals surface area contributed by atoms with Gasteiger partial charge in [-0.2, -0.15) is 10.1 Å². The Balaban J connectivity index is 1.80. The Bertz CT molecular complexity index is 849. The second kappa shape index (κ2) is 7.61. The minimum atomic E-state index is 0.432. The average molecular weight is 335 g/mol. The number of hydrogen-bond acceptors (Lipinski definition) is 6. The molecule has 2 aromatic carbocycles. The van der Waals surface area contributed by atoms with Crippen LogP contribution in [0.15, 0.2) is 48.7 Å². The van der Waals surface area contributed by atoms with Gasteiger partial charge in [-0.15, -0.1) is 5.10 Å². The number of benzene rings is 2. The maximum absolute atomic E-state index is 5.16. The van der Waals surface area contributed by atoms with Gasteiger partial charge in [-0.1, -0.05) is 25.1 Å². The highest BCUT2D eigenvalue weighted by Gasteiger charge is 2.07. The van der Waals surface area contributed by atoms with Gasteiger partial charge in [-0.05, 0) is 48.7 Å². The van der Waals surface area contributed by atoms with Crippen molar-refractivity contribution < 1.29 is 4.74 Å². The molecule has 0 aliphatic heterocycles. The number of nitrogens with one attached hydrogen (secondary N) is 2. The number of nitrogens with zero attached hydrogens (tertiary/aromatic N) is 3. The Labute approximate surface area is 147 Å². The molecule has 1 aromatic heterocycles. The summed E-state index contributed by atoms with van der Waals surface area (Å²) in [6, 6.07) is 13.8. The first-order valence-electron chi connectivity index (χ1n) is 8.16. The van der Waals surface area contributed by atoms with E-state index in [9.17, 15) is 0 Å². The van der Waals surface area contributed by atoms with Crippen molar-refractivity contribution in [3.8, 4) is 5.75 Å². The molecule has 0 saturated carbocycles. The molecule has 0 atom stereocenters. The maximum Gasteiger partial charge on any atom is 0.249 e. The third-order valence-corrected chi connectivity index (χ3v) is 3.90. The molecule has 3 aromatic rings. The first-order valence-corrected chi connectivity index (χ1v) is 8.16. The van der Waals surface area contributed by atoms with Crippen molar-refractivity contribution >= 4 is 23.1 Å². The predicted octanol–water partition coefficient (Wildman–Crippen LogP) is 4.24. The predicted molar refractivity (Wildman–Crippen MR) is 99.9 cm³/mol. The molecule has 0 aliphatic rings. The Hall–Kier alpha value is -3.15. The molecule has 0 aliphatic carbocycles. The van der Waals surface area contributed by atoms with Gasteiger partial charge < -0.3 is 15.4 Å². The highest BCUT2D eigenvalue weighted by atomic mass is 16.5. The van der Waals surface area contributed by atoms with Gasteiger partial charge in [0.15, 0.2) is 5.82 Å². The Kier molecular flexibility index (Phi) is 5.09. The lowest BCUT2D eigenvalue weighted by Gasteiger charge is -2.13. The quantitative estimate of drug-likeness (QED) is 0.702. The van der Waals surface area contributed by atoms with Gasteiger partial charge in [0.1, 0.15) is 5.75 Å². The summed E-state index contributed by atoms with van der Waals surface area (Å²) in [6.07, 6.45) is 2.56. The summed E-state index contributed by atoms with van der Waals surface area (Å²) in [5, 5.41) is 14.6. The summed E-state index contributed by atoms with van der Waals surface area (Å²) in [5.41, 5.74) is 4.34. The third-order valence-electron chi connectivity index (χ3n) is 3.90. The fraction of sp³-hybridized carbons (Fsp3) is 0.211. The van der Waals surface area contributed by atoms with Crippen molar-refractivity contribution in [2.24, 2.45) is 0 Å². The summed E-state index contributed by atoms with van der Waals surface area (Å²) < 4.78 is 5.16. The van der Waals surface area contributed by atoms with Crippen LogP contribution in [-0.4, -0.2) is 22.3 Å². The Morgan fingerprint density at radius 1 is 1.04 bits per heavy atom. The molecule has 2 N–H and O–H groups in total. The Morgan fingerprint density at radius 3 is 2.56 bits per heavy atom. The highest BCUT2D eigenvalue weighted by Crippen LogP contribution is 2.25. The van der Waals surface area contributed by atoms with E-state index in [1.807, 2.05) is 24.3 Å². The number of ether oxygens (including phenoxy) is 1. The second-order valence-electron chi connectivity index (χ2n) is 5.61. The number of aryl methyl sites for hydroxylation is 2. The van der Waals surface area contributed by atoms with Crippen LogP contribution < -0.4 is 15.4 Å². The van der Waals surface area contributed by atoms with Crippen LogP contribution in [0, 0.1) is 6.92 Å². The number of hydrogen-bond donors (Lipinski definition) is 2. The standard InChI is InChI=1S/C19H21N5O/c1-4-14-7-5-6-13(2)18(14)22-17-12-20-24-19(23-17)21-15-8-10-16(25-3)11-9-15/h5-12H,4H2,1-3H3,(H2,21,22,23,24). The van der Waals surface area contributed by atoms with Crippen LogP contribution in [0.4, 0.5) is 23.1 Å². The lowest BCUT2D eigenvalue weighted by molar-refractivity contribution is 0.415. The molecule has 128 valence electrons. The molecule has 0 saturated heterocycles. The van der Waals surface area contributed by atoms with Gasteiger partial charge in [0, 0.05) is 11.4 Å². The van der Waals surface area contributed by atoms with E-state index >= 15 is 0 Å². The smallest absolute Gasteiger partial charge is 0.249 e. The zero-order valence-corrected chi connectivity index (χ0v) is 14.6. The van der Waals surface area contributed by atoms with Gasteiger partial charge in [0.05, 0.1) is 13.3 Å². The largest absolute Gasteiger partial charge is 0.497 e. The maximum atomic E-state index is 5.16. The summed E-state index contributed by atoms with van der Waals surface area (Å²) in [6.45, 7) is 4.21. The summed E-state index contributed by atoms with van der Waals surface area (Å²) >= 11 is 0. The number of anilines is 4. The molecule has 0 unspecified atom stereocenters. The van der Waals surface area contributed by atoms with E-state index in [1.165, 1.54) is 11.1 Å². The van der Waals surface area contributed by atoms with Crippen LogP contribution >= 0.6 is 0 Å². The van der Waals surface area contributed by atoms with Crippen molar-refractivity contribution in [1.82, 2.24) is 15.2 Å². The minimum Gasteiger partial charge on any atom is -0.497 e. The van der Waals surface area contributed by atoms with Crippen LogP contribution in [0.5, 0.6) is 5.75 Å². The topological polar surface area (TPSA) is 72.0 Å². The number of aromatic nitrogens is 3. The SMILES string of the molecule is CCc1cccc(C)c1Nc1cnnc(Nc2ccc(OC)cc2)n1. The Morgan fingerprint density at radius 2 is 1.84 bits per heavy atom. The second-order valence-corrected chi connectivity index (χ2v) is 5.61. The summed E-state index contributed by atoms with van der Waals surface area (Å²) in [4.78, 5) is 4.50. The van der Waals surface area contributed by atoms with E-state index < -0.39 is 0 Å². The molecule has 6 heteroatoms. The summed E-state index contributed by atoms with van der Waals surface area (Å²) in [7, 11) is 1.64. The van der Waals surface area contributed by atoms with Gasteiger partial charge in [0.2, 0.25) is 5.95 Å². The van der Waals surface area contributed by atoms with Crippen molar-refractivity contribution in [1.29, 1.82) is 0 Å². The molecule has 0 radical (unpaired) electrons. The lowest BCUT2D eigenvalue weighted by atomic mass is 10.1. The lowest BCUT2D eigenvalue weighted by Crippen LogP contribution is -2.04. The van der Waals surface area contributed by atoms with Crippen LogP contribution in [-0.2, 0) is 6.42 Å². The molecule has 3 rings (SSSR count). The zero-order valence-electron chi connectivity index (χ0n) is 14.6. The average Bonchev–Trinajstić information content (AvgIpc) is 2.64. The molecule has 25 heavy (non-hydrogen) atoms. The molecular weight excluding hydrogens is 314 g/mol. The van der Waals surface area contributed by atoms with Crippen molar-refractivity contribution in [3.63, 3.8) is 0 Å². The zero-order chi connectivity index (χ0) is 17.6. The van der Waals surface area contributed by atoms with E-state index in [0.717, 1.165) is 23.5 Å². The van der Waals surface area contributed by atoms with E-state index in [4.69, 9.17) is 4.74 Å². The highest BCUT2D eigenvalue weighted by molar-refractivity contribution is 5.65. The fourth-order valence-electron chi connectivity index (χ4n) is 2.55. The van der Waals surface area contributed by atoms with Crippen molar-refractivity contribution in [3.05, 3.63) is 59.8 Å². The van der Waals surface area contributed by atoms with Crippen molar-refractivity contribution in [2.45, 2.75) is 20.3 Å². The van der Waals surface area contributed by atoms with Gasteiger partial charge in [0.25, 0.3) is 0 Å². The van der Waals surface area contributed by atoms with Gasteiger partial charge in [-0.25, -0.2) is 0 Å². The van der Waals surface area contributed by atoms with Crippen molar-refractivity contribution in [2.75, 3.05) is 17.7 Å². The molecule has 0 amide bonds. The first kappa shape index (κ1) is 16.7. The number of rotatable bonds is 6. The molecule has 0 spiro atoms. The van der Waals surface area contributed by atoms with E-state index in [-0.39, 0.29) is 0 Å². The fourth-order valence-corrected chi connectivity index (χ4v) is 2.55. The monoisotopic (exact) mass is 335 g/mol. The van der Waals surface area contributed by atoms with Gasteiger partial charge >= 0.3 is 0 Å². The van der Waals surface area contributed by atoms with E-state index in [2.05, 4.69) is 57.9 Å². The van der Waals surface area contributed by atoms with E-state index in [0.29, 0.717) is 11.8 Å². The summed E-state index contributed by atoms with van der Waals surface area (Å²) in [5.74, 6) is 1.88. The first-order chi connectivity index (χ1) is 12.2. The molecule has 0 bridgehead atoms. The molecule has 6 nitrogen and oxygen atoms in total. The van der Waals surface area contributed by atoms with Crippen LogP contribution in [0.3, 0.4) is 0 Å². The third kappa shape index (κ3) is 4.03. The van der Waals surface area contributed by atoms with Gasteiger partial charge in [-0.3, -0.25) is 0 Å². The number of para-hydroxylation sites is 1. The minimum absolute atomic E-state index is 0.432. The molecular formula is C19H21N5O. The molecule has 0 fully saturated rings. The van der Waals surface area contributed by atoms with Crippen LogP contribution in [0.25, 0.3) is 0 Å².